The minimum Gasteiger partial charge on any atom is -0.306 e. The van der Waals surface area contributed by atoms with Gasteiger partial charge in [0, 0.05) is 24.7 Å². The maximum absolute atomic E-state index is 10.6. The fraction of sp³-hybridized carbons (Fsp3) is 0.250. The molecule has 0 spiro atoms. The van der Waals surface area contributed by atoms with E-state index in [2.05, 4.69) is 43.4 Å². The second kappa shape index (κ2) is 6.30. The van der Waals surface area contributed by atoms with Gasteiger partial charge in [0.2, 0.25) is 0 Å². The first kappa shape index (κ1) is 14.2. The topological polar surface area (TPSA) is 55.2 Å². The van der Waals surface area contributed by atoms with Crippen LogP contribution in [-0.2, 0) is 6.54 Å². The van der Waals surface area contributed by atoms with Gasteiger partial charge in [-0.2, -0.15) is 0 Å². The molecule has 0 radical (unpaired) electrons. The molecule has 2 rings (SSSR count). The third-order valence-corrected chi connectivity index (χ3v) is 3.34. The Kier molecular flexibility index (Phi) is 4.48. The van der Waals surface area contributed by atoms with E-state index in [-0.39, 0.29) is 16.7 Å². The molecule has 0 aromatic heterocycles. The molecule has 4 nitrogen and oxygen atoms in total. The summed E-state index contributed by atoms with van der Waals surface area (Å²) in [6.45, 7) is 4.89. The molecule has 0 saturated heterocycles. The standard InChI is InChI=1S/C16H18N2O2/c1-12-3-5-14(6-4-12)11-17-13(2)15-7-9-16(10-8-15)18(19)20/h3-10,13,17H,11H2,1-2H3. The predicted octanol–water partition coefficient (Wildman–Crippen LogP) is 3.75. The van der Waals surface area contributed by atoms with Gasteiger partial charge in [0.25, 0.3) is 5.69 Å². The molecular weight excluding hydrogens is 252 g/mol. The molecule has 1 atom stereocenters. The smallest absolute Gasteiger partial charge is 0.269 e. The van der Waals surface area contributed by atoms with Gasteiger partial charge in [0.05, 0.1) is 4.92 Å². The van der Waals surface area contributed by atoms with Gasteiger partial charge in [-0.15, -0.1) is 0 Å². The summed E-state index contributed by atoms with van der Waals surface area (Å²) < 4.78 is 0. The third kappa shape index (κ3) is 3.65. The summed E-state index contributed by atoms with van der Waals surface area (Å²) in [6, 6.07) is 15.2. The van der Waals surface area contributed by atoms with E-state index in [1.165, 1.54) is 11.1 Å². The molecule has 0 amide bonds. The first-order valence-corrected chi connectivity index (χ1v) is 6.59. The molecule has 0 aliphatic carbocycles. The van der Waals surface area contributed by atoms with Gasteiger partial charge in [-0.3, -0.25) is 10.1 Å². The Balaban J connectivity index is 1.95. The highest BCUT2D eigenvalue weighted by atomic mass is 16.6. The van der Waals surface area contributed by atoms with Gasteiger partial charge in [-0.1, -0.05) is 42.0 Å². The number of nitrogens with zero attached hydrogens (tertiary/aromatic N) is 1. The van der Waals surface area contributed by atoms with Gasteiger partial charge < -0.3 is 5.32 Å². The lowest BCUT2D eigenvalue weighted by molar-refractivity contribution is -0.384. The minimum atomic E-state index is -0.381. The van der Waals surface area contributed by atoms with Crippen LogP contribution < -0.4 is 5.32 Å². The molecule has 0 aliphatic heterocycles. The van der Waals surface area contributed by atoms with Crippen LogP contribution in [0.15, 0.2) is 48.5 Å². The van der Waals surface area contributed by atoms with Crippen molar-refractivity contribution in [2.45, 2.75) is 26.4 Å². The predicted molar refractivity (Wildman–Crippen MR) is 79.5 cm³/mol. The van der Waals surface area contributed by atoms with Crippen molar-refractivity contribution >= 4 is 5.69 Å². The number of rotatable bonds is 5. The third-order valence-electron chi connectivity index (χ3n) is 3.34. The fourth-order valence-electron chi connectivity index (χ4n) is 1.98. The molecule has 1 unspecified atom stereocenters. The van der Waals surface area contributed by atoms with E-state index in [1.807, 2.05) is 0 Å². The van der Waals surface area contributed by atoms with Crippen molar-refractivity contribution in [3.05, 3.63) is 75.3 Å². The molecule has 20 heavy (non-hydrogen) atoms. The zero-order valence-electron chi connectivity index (χ0n) is 11.7. The van der Waals surface area contributed by atoms with Crippen molar-refractivity contribution in [2.75, 3.05) is 0 Å². The number of aryl methyl sites for hydroxylation is 1. The molecule has 2 aromatic carbocycles. The van der Waals surface area contributed by atoms with E-state index in [9.17, 15) is 10.1 Å². The van der Waals surface area contributed by atoms with E-state index in [0.717, 1.165) is 12.1 Å². The zero-order valence-corrected chi connectivity index (χ0v) is 11.7. The van der Waals surface area contributed by atoms with Crippen molar-refractivity contribution in [2.24, 2.45) is 0 Å². The van der Waals surface area contributed by atoms with E-state index < -0.39 is 0 Å². The van der Waals surface area contributed by atoms with Crippen molar-refractivity contribution < 1.29 is 4.92 Å². The molecular formula is C16H18N2O2. The van der Waals surface area contributed by atoms with Crippen LogP contribution in [0.1, 0.15) is 29.7 Å². The number of non-ortho nitro benzene ring substituents is 1. The van der Waals surface area contributed by atoms with Crippen LogP contribution in [0, 0.1) is 17.0 Å². The maximum Gasteiger partial charge on any atom is 0.269 e. The normalized spacial score (nSPS) is 12.1. The average molecular weight is 270 g/mol. The van der Waals surface area contributed by atoms with Crippen LogP contribution in [0.2, 0.25) is 0 Å². The van der Waals surface area contributed by atoms with Crippen LogP contribution in [0.3, 0.4) is 0 Å². The summed E-state index contributed by atoms with van der Waals surface area (Å²) in [7, 11) is 0. The van der Waals surface area contributed by atoms with Crippen LogP contribution in [0.5, 0.6) is 0 Å². The van der Waals surface area contributed by atoms with Gasteiger partial charge in [0.1, 0.15) is 0 Å². The Morgan fingerprint density at radius 1 is 1.10 bits per heavy atom. The highest BCUT2D eigenvalue weighted by Crippen LogP contribution is 2.18. The van der Waals surface area contributed by atoms with Crippen molar-refractivity contribution in [3.8, 4) is 0 Å². The fourth-order valence-corrected chi connectivity index (χ4v) is 1.98. The van der Waals surface area contributed by atoms with Crippen molar-refractivity contribution in [3.63, 3.8) is 0 Å². The van der Waals surface area contributed by atoms with Crippen LogP contribution in [0.25, 0.3) is 0 Å². The van der Waals surface area contributed by atoms with Crippen LogP contribution in [-0.4, -0.2) is 4.92 Å². The van der Waals surface area contributed by atoms with Crippen molar-refractivity contribution in [1.82, 2.24) is 5.32 Å². The van der Waals surface area contributed by atoms with Gasteiger partial charge in [-0.05, 0) is 25.0 Å². The van der Waals surface area contributed by atoms with Gasteiger partial charge in [-0.25, -0.2) is 0 Å². The largest absolute Gasteiger partial charge is 0.306 e. The molecule has 0 aliphatic rings. The summed E-state index contributed by atoms with van der Waals surface area (Å²) in [5.74, 6) is 0. The highest BCUT2D eigenvalue weighted by molar-refractivity contribution is 5.34. The molecule has 0 fully saturated rings. The van der Waals surface area contributed by atoms with E-state index in [1.54, 1.807) is 24.3 Å². The monoisotopic (exact) mass is 270 g/mol. The van der Waals surface area contributed by atoms with E-state index in [0.29, 0.717) is 0 Å². The quantitative estimate of drug-likeness (QED) is 0.665. The molecule has 2 aromatic rings. The first-order chi connectivity index (χ1) is 9.56. The summed E-state index contributed by atoms with van der Waals surface area (Å²) in [5.41, 5.74) is 3.64. The SMILES string of the molecule is Cc1ccc(CNC(C)c2ccc([N+](=O)[O-])cc2)cc1. The summed E-state index contributed by atoms with van der Waals surface area (Å²) in [4.78, 5) is 10.2. The molecule has 104 valence electrons. The molecule has 1 N–H and O–H groups in total. The molecule has 4 heteroatoms. The number of benzene rings is 2. The number of nitrogens with one attached hydrogen (secondary N) is 1. The average Bonchev–Trinajstić information content (AvgIpc) is 2.46. The zero-order chi connectivity index (χ0) is 14.5. The second-order valence-electron chi connectivity index (χ2n) is 4.94. The Morgan fingerprint density at radius 2 is 1.70 bits per heavy atom. The lowest BCUT2D eigenvalue weighted by Gasteiger charge is -2.14. The molecule has 0 heterocycles. The van der Waals surface area contributed by atoms with Crippen LogP contribution in [0.4, 0.5) is 5.69 Å². The number of hydrogen-bond acceptors (Lipinski definition) is 3. The first-order valence-electron chi connectivity index (χ1n) is 6.59. The summed E-state index contributed by atoms with van der Waals surface area (Å²) in [5, 5.41) is 14.0. The lowest BCUT2D eigenvalue weighted by Crippen LogP contribution is -2.18. The number of hydrogen-bond donors (Lipinski definition) is 1. The minimum absolute atomic E-state index is 0.125. The molecule has 0 bridgehead atoms. The lowest BCUT2D eigenvalue weighted by atomic mass is 10.1. The summed E-state index contributed by atoms with van der Waals surface area (Å²) in [6.07, 6.45) is 0. The van der Waals surface area contributed by atoms with Crippen molar-refractivity contribution in [1.29, 1.82) is 0 Å². The number of nitro groups is 1. The Morgan fingerprint density at radius 3 is 2.25 bits per heavy atom. The number of nitro benzene ring substituents is 1. The maximum atomic E-state index is 10.6. The van der Waals surface area contributed by atoms with Crippen LogP contribution >= 0.6 is 0 Å². The van der Waals surface area contributed by atoms with E-state index >= 15 is 0 Å². The Labute approximate surface area is 118 Å². The van der Waals surface area contributed by atoms with Gasteiger partial charge >= 0.3 is 0 Å². The summed E-state index contributed by atoms with van der Waals surface area (Å²) >= 11 is 0. The van der Waals surface area contributed by atoms with Gasteiger partial charge in [0.15, 0.2) is 0 Å². The Bertz CT molecular complexity index is 576. The molecule has 0 saturated carbocycles. The second-order valence-corrected chi connectivity index (χ2v) is 4.94. The Hall–Kier alpha value is -2.20. The van der Waals surface area contributed by atoms with E-state index in [4.69, 9.17) is 0 Å². The highest BCUT2D eigenvalue weighted by Gasteiger charge is 2.08.